The Morgan fingerprint density at radius 3 is 2.58 bits per heavy atom. The van der Waals surface area contributed by atoms with Crippen LogP contribution in [0.15, 0.2) is 23.1 Å². The van der Waals surface area contributed by atoms with Crippen LogP contribution in [-0.4, -0.2) is 42.7 Å². The largest absolute Gasteiger partial charge is 0.342 e. The number of likely N-dealkylation sites (tertiary alicyclic amines) is 1. The summed E-state index contributed by atoms with van der Waals surface area (Å²) < 4.78 is 0. The molecule has 0 spiro atoms. The van der Waals surface area contributed by atoms with Gasteiger partial charge in [-0.15, -0.1) is 24.2 Å². The number of thioether (sulfide) groups is 1. The SMILES string of the molecule is Cl.O=C(CSc1ccc2c(c1)CCC2)N1CC[C@@H]2CNC[C@@H]2CC1. The topological polar surface area (TPSA) is 32.3 Å². The molecule has 1 aromatic carbocycles. The van der Waals surface area contributed by atoms with Gasteiger partial charge >= 0.3 is 0 Å². The average Bonchev–Trinajstić information content (AvgIpc) is 3.17. The monoisotopic (exact) mass is 366 g/mol. The molecule has 0 radical (unpaired) electrons. The summed E-state index contributed by atoms with van der Waals surface area (Å²) in [6, 6.07) is 6.76. The van der Waals surface area contributed by atoms with Gasteiger partial charge in [-0.1, -0.05) is 6.07 Å². The van der Waals surface area contributed by atoms with Crippen molar-refractivity contribution in [3.63, 3.8) is 0 Å². The van der Waals surface area contributed by atoms with Gasteiger partial charge in [-0.2, -0.15) is 0 Å². The molecule has 3 aliphatic rings. The molecule has 0 aromatic heterocycles. The molecule has 1 N–H and O–H groups in total. The Kier molecular flexibility index (Phi) is 6.12. The molecule has 1 aliphatic carbocycles. The number of nitrogens with zero attached hydrogens (tertiary/aromatic N) is 1. The lowest BCUT2D eigenvalue weighted by Crippen LogP contribution is -2.34. The second-order valence-corrected chi connectivity index (χ2v) is 8.26. The van der Waals surface area contributed by atoms with Crippen molar-refractivity contribution in [1.29, 1.82) is 0 Å². The summed E-state index contributed by atoms with van der Waals surface area (Å²) in [4.78, 5) is 15.9. The highest BCUT2D eigenvalue weighted by atomic mass is 35.5. The number of benzene rings is 1. The third-order valence-corrected chi connectivity index (χ3v) is 6.78. The van der Waals surface area contributed by atoms with Crippen LogP contribution >= 0.6 is 24.2 Å². The van der Waals surface area contributed by atoms with Crippen LogP contribution in [0.1, 0.15) is 30.4 Å². The predicted molar refractivity (Wildman–Crippen MR) is 102 cm³/mol. The van der Waals surface area contributed by atoms with Crippen molar-refractivity contribution in [2.75, 3.05) is 31.9 Å². The number of carbonyl (C=O) groups is 1. The van der Waals surface area contributed by atoms with Gasteiger partial charge in [0.05, 0.1) is 5.75 Å². The van der Waals surface area contributed by atoms with Crippen molar-refractivity contribution in [3.8, 4) is 0 Å². The highest BCUT2D eigenvalue weighted by Crippen LogP contribution is 2.29. The van der Waals surface area contributed by atoms with Crippen LogP contribution in [0.5, 0.6) is 0 Å². The Labute approximate surface area is 155 Å². The van der Waals surface area contributed by atoms with Gasteiger partial charge < -0.3 is 10.2 Å². The van der Waals surface area contributed by atoms with Gasteiger partial charge in [-0.3, -0.25) is 4.79 Å². The molecule has 2 fully saturated rings. The smallest absolute Gasteiger partial charge is 0.232 e. The number of nitrogens with one attached hydrogen (secondary N) is 1. The Bertz CT molecular complexity index is 581. The summed E-state index contributed by atoms with van der Waals surface area (Å²) in [6.45, 7) is 4.20. The first-order valence-electron chi connectivity index (χ1n) is 9.03. The summed E-state index contributed by atoms with van der Waals surface area (Å²) in [7, 11) is 0. The highest BCUT2D eigenvalue weighted by molar-refractivity contribution is 8.00. The molecule has 2 atom stereocenters. The maximum absolute atomic E-state index is 12.6. The molecule has 2 aliphatic heterocycles. The molecule has 4 rings (SSSR count). The third-order valence-electron chi connectivity index (χ3n) is 5.80. The Hall–Kier alpha value is -0.710. The number of carbonyl (C=O) groups excluding carboxylic acids is 1. The average molecular weight is 367 g/mol. The zero-order valence-electron chi connectivity index (χ0n) is 14.1. The van der Waals surface area contributed by atoms with E-state index in [4.69, 9.17) is 0 Å². The minimum absolute atomic E-state index is 0. The van der Waals surface area contributed by atoms with E-state index in [2.05, 4.69) is 28.4 Å². The lowest BCUT2D eigenvalue weighted by atomic mass is 9.92. The van der Waals surface area contributed by atoms with Gasteiger partial charge in [0, 0.05) is 18.0 Å². The minimum atomic E-state index is 0. The molecule has 3 nitrogen and oxygen atoms in total. The summed E-state index contributed by atoms with van der Waals surface area (Å²) in [5, 5.41) is 3.50. The van der Waals surface area contributed by atoms with Gasteiger partial charge in [0.15, 0.2) is 0 Å². The standard InChI is InChI=1S/C19H26N2OS.ClH/c22-19(21-8-6-16-11-20-12-17(16)7-9-21)13-23-18-5-4-14-2-1-3-15(14)10-18;/h4-5,10,16-17,20H,1-3,6-9,11-13H2;1H/t16-,17+;. The number of aryl methyl sites for hydroxylation is 2. The Balaban J connectivity index is 0.00000169. The van der Waals surface area contributed by atoms with Crippen molar-refractivity contribution in [2.45, 2.75) is 37.0 Å². The number of rotatable bonds is 3. The molecular formula is C19H27ClN2OS. The van der Waals surface area contributed by atoms with Crippen molar-refractivity contribution < 1.29 is 4.79 Å². The number of amides is 1. The molecule has 1 aromatic rings. The van der Waals surface area contributed by atoms with Gasteiger partial charge in [0.2, 0.25) is 5.91 Å². The van der Waals surface area contributed by atoms with Crippen LogP contribution < -0.4 is 5.32 Å². The summed E-state index contributed by atoms with van der Waals surface area (Å²) in [5.74, 6) is 2.49. The second-order valence-electron chi connectivity index (χ2n) is 7.21. The second kappa shape index (κ2) is 8.11. The summed E-state index contributed by atoms with van der Waals surface area (Å²) >= 11 is 1.71. The lowest BCUT2D eigenvalue weighted by Gasteiger charge is -2.20. The van der Waals surface area contributed by atoms with Crippen LogP contribution in [0.25, 0.3) is 0 Å². The van der Waals surface area contributed by atoms with Gasteiger partial charge in [0.1, 0.15) is 0 Å². The normalized spacial score (nSPS) is 25.6. The first-order valence-corrected chi connectivity index (χ1v) is 10.0. The zero-order valence-corrected chi connectivity index (χ0v) is 15.8. The van der Waals surface area contributed by atoms with E-state index in [1.165, 1.54) is 48.1 Å². The number of fused-ring (bicyclic) bond motifs is 2. The lowest BCUT2D eigenvalue weighted by molar-refractivity contribution is -0.128. The molecule has 2 saturated heterocycles. The molecule has 0 unspecified atom stereocenters. The van der Waals surface area contributed by atoms with Crippen LogP contribution in [0.2, 0.25) is 0 Å². The van der Waals surface area contributed by atoms with Gasteiger partial charge in [0.25, 0.3) is 0 Å². The molecule has 0 bridgehead atoms. The minimum Gasteiger partial charge on any atom is -0.342 e. The molecule has 1 amide bonds. The maximum Gasteiger partial charge on any atom is 0.232 e. The van der Waals surface area contributed by atoms with Crippen LogP contribution in [-0.2, 0) is 17.6 Å². The fraction of sp³-hybridized carbons (Fsp3) is 0.632. The van der Waals surface area contributed by atoms with E-state index in [0.717, 1.165) is 38.0 Å². The maximum atomic E-state index is 12.6. The summed E-state index contributed by atoms with van der Waals surface area (Å²) in [5.41, 5.74) is 3.01. The predicted octanol–water partition coefficient (Wildman–Crippen LogP) is 3.15. The zero-order chi connectivity index (χ0) is 15.6. The third kappa shape index (κ3) is 3.92. The van der Waals surface area contributed by atoms with E-state index in [1.807, 2.05) is 0 Å². The van der Waals surface area contributed by atoms with Crippen molar-refractivity contribution in [2.24, 2.45) is 11.8 Å². The van der Waals surface area contributed by atoms with E-state index >= 15 is 0 Å². The van der Waals surface area contributed by atoms with E-state index in [-0.39, 0.29) is 12.4 Å². The van der Waals surface area contributed by atoms with Crippen molar-refractivity contribution >= 4 is 30.1 Å². The Morgan fingerprint density at radius 2 is 1.83 bits per heavy atom. The van der Waals surface area contributed by atoms with Crippen LogP contribution in [0.4, 0.5) is 0 Å². The van der Waals surface area contributed by atoms with Crippen LogP contribution in [0.3, 0.4) is 0 Å². The van der Waals surface area contributed by atoms with E-state index in [9.17, 15) is 4.79 Å². The van der Waals surface area contributed by atoms with E-state index in [1.54, 1.807) is 11.8 Å². The van der Waals surface area contributed by atoms with E-state index in [0.29, 0.717) is 11.7 Å². The number of halogens is 1. The van der Waals surface area contributed by atoms with E-state index < -0.39 is 0 Å². The van der Waals surface area contributed by atoms with Crippen LogP contribution in [0, 0.1) is 11.8 Å². The van der Waals surface area contributed by atoms with Gasteiger partial charge in [-0.05, 0) is 80.3 Å². The molecule has 24 heavy (non-hydrogen) atoms. The molecule has 2 heterocycles. The highest BCUT2D eigenvalue weighted by Gasteiger charge is 2.31. The quantitative estimate of drug-likeness (QED) is 0.834. The molecule has 0 saturated carbocycles. The number of hydrogen-bond acceptors (Lipinski definition) is 3. The first kappa shape index (κ1) is 18.1. The first-order chi connectivity index (χ1) is 11.3. The fourth-order valence-electron chi connectivity index (χ4n) is 4.34. The fourth-order valence-corrected chi connectivity index (χ4v) is 5.20. The molecular weight excluding hydrogens is 340 g/mol. The number of hydrogen-bond donors (Lipinski definition) is 1. The van der Waals surface area contributed by atoms with Gasteiger partial charge in [-0.25, -0.2) is 0 Å². The Morgan fingerprint density at radius 1 is 1.12 bits per heavy atom. The summed E-state index contributed by atoms with van der Waals surface area (Å²) in [6.07, 6.45) is 6.07. The molecule has 132 valence electrons. The van der Waals surface area contributed by atoms with Crippen molar-refractivity contribution in [1.82, 2.24) is 10.2 Å². The molecule has 5 heteroatoms. The van der Waals surface area contributed by atoms with Crippen molar-refractivity contribution in [3.05, 3.63) is 29.3 Å².